The van der Waals surface area contributed by atoms with E-state index >= 15 is 0 Å². The molecular formula is C14H18ClN3O2S. The van der Waals surface area contributed by atoms with Gasteiger partial charge >= 0.3 is 6.03 Å². The van der Waals surface area contributed by atoms with Crippen LogP contribution < -0.4 is 10.6 Å². The van der Waals surface area contributed by atoms with Gasteiger partial charge in [-0.15, -0.1) is 11.3 Å². The minimum Gasteiger partial charge on any atom is -0.468 e. The molecule has 0 aliphatic heterocycles. The van der Waals surface area contributed by atoms with Crippen molar-refractivity contribution in [3.63, 3.8) is 0 Å². The Morgan fingerprint density at radius 2 is 2.19 bits per heavy atom. The van der Waals surface area contributed by atoms with E-state index in [2.05, 4.69) is 10.6 Å². The van der Waals surface area contributed by atoms with Gasteiger partial charge in [0.1, 0.15) is 5.76 Å². The van der Waals surface area contributed by atoms with Crippen molar-refractivity contribution in [1.82, 2.24) is 15.5 Å². The second-order valence-corrected chi connectivity index (χ2v) is 6.56. The van der Waals surface area contributed by atoms with Crippen LogP contribution in [0.5, 0.6) is 0 Å². The van der Waals surface area contributed by atoms with Gasteiger partial charge in [0, 0.05) is 11.4 Å². The van der Waals surface area contributed by atoms with Gasteiger partial charge in [0.05, 0.1) is 23.2 Å². The molecule has 0 aliphatic rings. The minimum atomic E-state index is -0.210. The zero-order valence-electron chi connectivity index (χ0n) is 11.9. The van der Waals surface area contributed by atoms with E-state index in [1.807, 2.05) is 43.3 Å². The molecule has 2 aromatic heterocycles. The van der Waals surface area contributed by atoms with Crippen molar-refractivity contribution in [3.8, 4) is 0 Å². The van der Waals surface area contributed by atoms with Gasteiger partial charge in [-0.1, -0.05) is 11.6 Å². The number of hydrogen-bond acceptors (Lipinski definition) is 4. The largest absolute Gasteiger partial charge is 0.468 e. The molecular weight excluding hydrogens is 310 g/mol. The van der Waals surface area contributed by atoms with Gasteiger partial charge < -0.3 is 15.1 Å². The Morgan fingerprint density at radius 3 is 2.76 bits per heavy atom. The van der Waals surface area contributed by atoms with Gasteiger partial charge in [0.15, 0.2) is 0 Å². The quantitative estimate of drug-likeness (QED) is 0.857. The standard InChI is InChI=1S/C14H18ClN3O2S/c1-18(2)11(12-4-3-7-20-12)9-17-14(19)16-8-10-5-6-13(15)21-10/h3-7,11H,8-9H2,1-2H3,(H2,16,17,19)/t11-/m1/s1. The van der Waals surface area contributed by atoms with Gasteiger partial charge in [0.25, 0.3) is 0 Å². The summed E-state index contributed by atoms with van der Waals surface area (Å²) in [6.07, 6.45) is 1.63. The molecule has 2 N–H and O–H groups in total. The van der Waals surface area contributed by atoms with Crippen LogP contribution in [0.25, 0.3) is 0 Å². The second kappa shape index (κ2) is 7.49. The fourth-order valence-corrected chi connectivity index (χ4v) is 2.91. The number of urea groups is 1. The SMILES string of the molecule is CN(C)[C@H](CNC(=O)NCc1ccc(Cl)s1)c1ccco1. The number of carbonyl (C=O) groups is 1. The molecule has 21 heavy (non-hydrogen) atoms. The molecule has 2 heterocycles. The smallest absolute Gasteiger partial charge is 0.315 e. The summed E-state index contributed by atoms with van der Waals surface area (Å²) in [6.45, 7) is 0.939. The van der Waals surface area contributed by atoms with Gasteiger partial charge in [0.2, 0.25) is 0 Å². The maximum absolute atomic E-state index is 11.8. The lowest BCUT2D eigenvalue weighted by molar-refractivity contribution is 0.225. The van der Waals surface area contributed by atoms with Crippen molar-refractivity contribution in [2.45, 2.75) is 12.6 Å². The summed E-state index contributed by atoms with van der Waals surface area (Å²) in [6, 6.07) is 7.25. The van der Waals surface area contributed by atoms with Crippen molar-refractivity contribution in [2.75, 3.05) is 20.6 Å². The highest BCUT2D eigenvalue weighted by molar-refractivity contribution is 7.16. The molecule has 5 nitrogen and oxygen atoms in total. The Morgan fingerprint density at radius 1 is 1.38 bits per heavy atom. The van der Waals surface area contributed by atoms with Crippen LogP contribution in [-0.2, 0) is 6.54 Å². The van der Waals surface area contributed by atoms with E-state index in [0.29, 0.717) is 13.1 Å². The number of halogens is 1. The maximum atomic E-state index is 11.8. The number of thiophene rings is 1. The molecule has 0 unspecified atom stereocenters. The molecule has 0 bridgehead atoms. The first-order chi connectivity index (χ1) is 10.1. The average Bonchev–Trinajstić information content (AvgIpc) is 3.08. The Kier molecular flexibility index (Phi) is 5.67. The molecule has 2 amide bonds. The molecule has 0 aliphatic carbocycles. The summed E-state index contributed by atoms with van der Waals surface area (Å²) in [5, 5.41) is 5.65. The van der Waals surface area contributed by atoms with Crippen molar-refractivity contribution in [3.05, 3.63) is 45.5 Å². The van der Waals surface area contributed by atoms with Gasteiger partial charge in [-0.05, 0) is 38.4 Å². The minimum absolute atomic E-state index is 0.00179. The van der Waals surface area contributed by atoms with Crippen LogP contribution in [0.15, 0.2) is 34.9 Å². The number of amides is 2. The highest BCUT2D eigenvalue weighted by atomic mass is 35.5. The van der Waals surface area contributed by atoms with Crippen LogP contribution >= 0.6 is 22.9 Å². The summed E-state index contributed by atoms with van der Waals surface area (Å²) >= 11 is 7.30. The molecule has 0 saturated heterocycles. The third-order valence-electron chi connectivity index (χ3n) is 3.00. The van der Waals surface area contributed by atoms with Crippen LogP contribution in [0.3, 0.4) is 0 Å². The topological polar surface area (TPSA) is 57.5 Å². The van der Waals surface area contributed by atoms with E-state index in [-0.39, 0.29) is 12.1 Å². The van der Waals surface area contributed by atoms with Crippen LogP contribution in [0.1, 0.15) is 16.7 Å². The van der Waals surface area contributed by atoms with E-state index in [4.69, 9.17) is 16.0 Å². The monoisotopic (exact) mass is 327 g/mol. The van der Waals surface area contributed by atoms with Crippen molar-refractivity contribution in [2.24, 2.45) is 0 Å². The zero-order valence-corrected chi connectivity index (χ0v) is 13.5. The van der Waals surface area contributed by atoms with E-state index in [1.54, 1.807) is 6.26 Å². The average molecular weight is 328 g/mol. The molecule has 114 valence electrons. The molecule has 7 heteroatoms. The van der Waals surface area contributed by atoms with Gasteiger partial charge in [-0.2, -0.15) is 0 Å². The van der Waals surface area contributed by atoms with Crippen LogP contribution in [0.2, 0.25) is 4.34 Å². The maximum Gasteiger partial charge on any atom is 0.315 e. The normalized spacial score (nSPS) is 12.4. The first-order valence-electron chi connectivity index (χ1n) is 6.52. The first kappa shape index (κ1) is 15.9. The summed E-state index contributed by atoms with van der Waals surface area (Å²) < 4.78 is 6.12. The zero-order chi connectivity index (χ0) is 15.2. The van der Waals surface area contributed by atoms with Crippen LogP contribution in [0, 0.1) is 0 Å². The number of hydrogen-bond donors (Lipinski definition) is 2. The molecule has 0 aromatic carbocycles. The lowest BCUT2D eigenvalue weighted by Crippen LogP contribution is -2.40. The van der Waals surface area contributed by atoms with Crippen LogP contribution in [0.4, 0.5) is 4.79 Å². The fraction of sp³-hybridized carbons (Fsp3) is 0.357. The number of nitrogens with zero attached hydrogens (tertiary/aromatic N) is 1. The van der Waals surface area contributed by atoms with E-state index < -0.39 is 0 Å². The van der Waals surface area contributed by atoms with E-state index in [1.165, 1.54) is 11.3 Å². The second-order valence-electron chi connectivity index (χ2n) is 4.76. The predicted octanol–water partition coefficient (Wildman–Crippen LogP) is 3.10. The summed E-state index contributed by atoms with van der Waals surface area (Å²) in [5.74, 6) is 0.824. The third-order valence-corrected chi connectivity index (χ3v) is 4.23. The Labute approximate surface area is 132 Å². The van der Waals surface area contributed by atoms with Gasteiger partial charge in [-0.25, -0.2) is 4.79 Å². The molecule has 0 spiro atoms. The van der Waals surface area contributed by atoms with E-state index in [0.717, 1.165) is 15.0 Å². The van der Waals surface area contributed by atoms with Crippen molar-refractivity contribution >= 4 is 29.0 Å². The van der Waals surface area contributed by atoms with Crippen molar-refractivity contribution in [1.29, 1.82) is 0 Å². The van der Waals surface area contributed by atoms with Gasteiger partial charge in [-0.3, -0.25) is 4.90 Å². The molecule has 0 fully saturated rings. The van der Waals surface area contributed by atoms with Crippen LogP contribution in [-0.4, -0.2) is 31.6 Å². The number of likely N-dealkylation sites (N-methyl/N-ethyl adjacent to an activating group) is 1. The lowest BCUT2D eigenvalue weighted by atomic mass is 10.2. The number of furan rings is 1. The Hall–Kier alpha value is -1.50. The lowest BCUT2D eigenvalue weighted by Gasteiger charge is -2.22. The molecule has 0 radical (unpaired) electrons. The highest BCUT2D eigenvalue weighted by Crippen LogP contribution is 2.21. The first-order valence-corrected chi connectivity index (χ1v) is 7.71. The third kappa shape index (κ3) is 4.77. The molecule has 0 saturated carbocycles. The summed E-state index contributed by atoms with van der Waals surface area (Å²) in [4.78, 5) is 14.8. The Balaban J connectivity index is 1.79. The fourth-order valence-electron chi connectivity index (χ4n) is 1.88. The highest BCUT2D eigenvalue weighted by Gasteiger charge is 2.17. The van der Waals surface area contributed by atoms with Crippen molar-refractivity contribution < 1.29 is 9.21 Å². The molecule has 1 atom stereocenters. The molecule has 2 rings (SSSR count). The van der Waals surface area contributed by atoms with E-state index in [9.17, 15) is 4.79 Å². The summed E-state index contributed by atoms with van der Waals surface area (Å²) in [7, 11) is 3.89. The summed E-state index contributed by atoms with van der Waals surface area (Å²) in [5.41, 5.74) is 0. The molecule has 2 aromatic rings. The number of nitrogens with one attached hydrogen (secondary N) is 2. The Bertz CT molecular complexity index is 569. The number of carbonyl (C=O) groups excluding carboxylic acids is 1. The number of rotatable bonds is 6. The predicted molar refractivity (Wildman–Crippen MR) is 84.7 cm³/mol.